The number of imidazole rings is 1. The predicted octanol–water partition coefficient (Wildman–Crippen LogP) is 2.79. The molecule has 2 aromatic rings. The van der Waals surface area contributed by atoms with E-state index in [-0.39, 0.29) is 0 Å². The first-order valence-corrected chi connectivity index (χ1v) is 6.24. The molecule has 2 heterocycles. The van der Waals surface area contributed by atoms with Crippen LogP contribution in [0.15, 0.2) is 18.6 Å². The molecule has 0 unspecified atom stereocenters. The zero-order valence-corrected chi connectivity index (χ0v) is 11.1. The van der Waals surface area contributed by atoms with Gasteiger partial charge in [0.2, 0.25) is 0 Å². The Kier molecular flexibility index (Phi) is 3.64. The summed E-state index contributed by atoms with van der Waals surface area (Å²) in [6.45, 7) is 5.31. The van der Waals surface area contributed by atoms with Crippen LogP contribution in [0.2, 0.25) is 5.15 Å². The van der Waals surface area contributed by atoms with Gasteiger partial charge in [0.05, 0.1) is 12.2 Å². The van der Waals surface area contributed by atoms with Crippen LogP contribution >= 0.6 is 11.6 Å². The van der Waals surface area contributed by atoms with Crippen molar-refractivity contribution in [1.29, 1.82) is 0 Å². The smallest absolute Gasteiger partial charge is 0.154 e. The lowest BCUT2D eigenvalue weighted by Crippen LogP contribution is -2.25. The van der Waals surface area contributed by atoms with Gasteiger partial charge in [-0.1, -0.05) is 25.4 Å². The Balaban J connectivity index is 2.51. The molecule has 0 spiro atoms. The van der Waals surface area contributed by atoms with Crippen LogP contribution in [-0.4, -0.2) is 32.9 Å². The zero-order valence-electron chi connectivity index (χ0n) is 10.4. The van der Waals surface area contributed by atoms with Crippen LogP contribution in [0.5, 0.6) is 0 Å². The van der Waals surface area contributed by atoms with Gasteiger partial charge in [-0.2, -0.15) is 0 Å². The third-order valence-electron chi connectivity index (χ3n) is 3.16. The molecule has 5 heteroatoms. The summed E-state index contributed by atoms with van der Waals surface area (Å²) in [4.78, 5) is 10.8. The van der Waals surface area contributed by atoms with E-state index in [1.807, 2.05) is 10.6 Å². The molecule has 0 amide bonds. The maximum absolute atomic E-state index is 6.05. The van der Waals surface area contributed by atoms with Crippen molar-refractivity contribution in [2.24, 2.45) is 0 Å². The first-order valence-electron chi connectivity index (χ1n) is 5.86. The van der Waals surface area contributed by atoms with E-state index >= 15 is 0 Å². The minimum absolute atomic E-state index is 0.306. The number of aromatic nitrogens is 3. The molecule has 0 N–H and O–H groups in total. The Morgan fingerprint density at radius 3 is 2.82 bits per heavy atom. The van der Waals surface area contributed by atoms with Gasteiger partial charge in [0, 0.05) is 12.4 Å². The van der Waals surface area contributed by atoms with Crippen LogP contribution in [0.4, 0.5) is 0 Å². The number of hydrogen-bond acceptors (Lipinski definition) is 3. The molecule has 4 nitrogen and oxygen atoms in total. The summed E-state index contributed by atoms with van der Waals surface area (Å²) in [6, 6.07) is 0.306. The quantitative estimate of drug-likeness (QED) is 0.839. The summed E-state index contributed by atoms with van der Waals surface area (Å²) in [5.74, 6) is 1.02. The highest BCUT2D eigenvalue weighted by Crippen LogP contribution is 2.24. The minimum atomic E-state index is 0.306. The van der Waals surface area contributed by atoms with E-state index in [4.69, 9.17) is 11.6 Å². The second-order valence-electron chi connectivity index (χ2n) is 4.09. The molecule has 1 atom stereocenters. The third kappa shape index (κ3) is 2.15. The van der Waals surface area contributed by atoms with Gasteiger partial charge < -0.3 is 0 Å². The van der Waals surface area contributed by atoms with Crippen molar-refractivity contribution in [3.8, 4) is 0 Å². The molecular weight excluding hydrogens is 236 g/mol. The summed E-state index contributed by atoms with van der Waals surface area (Å²) < 4.78 is 2.02. The molecule has 92 valence electrons. The normalized spacial score (nSPS) is 13.5. The average Bonchev–Trinajstić information content (AvgIpc) is 2.75. The van der Waals surface area contributed by atoms with Crippen molar-refractivity contribution in [3.63, 3.8) is 0 Å². The van der Waals surface area contributed by atoms with Crippen molar-refractivity contribution >= 4 is 17.1 Å². The molecule has 0 aliphatic carbocycles. The largest absolute Gasteiger partial charge is 0.298 e. The number of halogens is 1. The second-order valence-corrected chi connectivity index (χ2v) is 4.44. The summed E-state index contributed by atoms with van der Waals surface area (Å²) >= 11 is 6.05. The van der Waals surface area contributed by atoms with Gasteiger partial charge >= 0.3 is 0 Å². The molecule has 0 bridgehead atoms. The van der Waals surface area contributed by atoms with E-state index < -0.39 is 0 Å². The molecule has 0 aromatic carbocycles. The highest BCUT2D eigenvalue weighted by molar-refractivity contribution is 6.32. The average molecular weight is 253 g/mol. The number of fused-ring (bicyclic) bond motifs is 1. The molecule has 0 aliphatic rings. The van der Waals surface area contributed by atoms with E-state index in [0.717, 1.165) is 24.3 Å². The van der Waals surface area contributed by atoms with Crippen molar-refractivity contribution in [2.45, 2.75) is 26.3 Å². The van der Waals surface area contributed by atoms with Gasteiger partial charge in [0.15, 0.2) is 5.15 Å². The zero-order chi connectivity index (χ0) is 12.4. The molecule has 0 radical (unpaired) electrons. The number of hydrogen-bond donors (Lipinski definition) is 0. The van der Waals surface area contributed by atoms with E-state index in [2.05, 4.69) is 35.8 Å². The molecule has 2 aromatic heterocycles. The fourth-order valence-corrected chi connectivity index (χ4v) is 2.27. The molecule has 17 heavy (non-hydrogen) atoms. The molecule has 0 saturated carbocycles. The monoisotopic (exact) mass is 252 g/mol. The van der Waals surface area contributed by atoms with Gasteiger partial charge in [0.25, 0.3) is 0 Å². The standard InChI is InChI=1S/C12H17ClN4/c1-4-9(16(3)5-2)12-15-8-10-11(13)14-6-7-17(10)12/h6-9H,4-5H2,1-3H3/t9-/m0/s1. The summed E-state index contributed by atoms with van der Waals surface area (Å²) in [5, 5.41) is 0.500. The Morgan fingerprint density at radius 1 is 1.41 bits per heavy atom. The number of rotatable bonds is 4. The van der Waals surface area contributed by atoms with Crippen LogP contribution in [0.25, 0.3) is 5.52 Å². The van der Waals surface area contributed by atoms with E-state index in [1.54, 1.807) is 12.4 Å². The van der Waals surface area contributed by atoms with Gasteiger partial charge in [-0.3, -0.25) is 9.30 Å². The lowest BCUT2D eigenvalue weighted by atomic mass is 10.2. The van der Waals surface area contributed by atoms with Crippen LogP contribution in [0.3, 0.4) is 0 Å². The molecule has 0 saturated heterocycles. The van der Waals surface area contributed by atoms with E-state index in [0.29, 0.717) is 11.2 Å². The predicted molar refractivity (Wildman–Crippen MR) is 69.3 cm³/mol. The SMILES string of the molecule is CC[C@@H](c1ncc2c(Cl)nccn12)N(C)CC. The van der Waals surface area contributed by atoms with Gasteiger partial charge in [-0.05, 0) is 20.0 Å². The maximum Gasteiger partial charge on any atom is 0.154 e. The Hall–Kier alpha value is -1.13. The highest BCUT2D eigenvalue weighted by Gasteiger charge is 2.19. The lowest BCUT2D eigenvalue weighted by molar-refractivity contribution is 0.240. The van der Waals surface area contributed by atoms with Gasteiger partial charge in [0.1, 0.15) is 11.3 Å². The Bertz CT molecular complexity index is 508. The third-order valence-corrected chi connectivity index (χ3v) is 3.45. The lowest BCUT2D eigenvalue weighted by Gasteiger charge is -2.24. The molecule has 0 aliphatic heterocycles. The molecular formula is C12H17ClN4. The molecule has 2 rings (SSSR count). The Labute approximate surface area is 106 Å². The summed E-state index contributed by atoms with van der Waals surface area (Å²) in [5.41, 5.74) is 0.868. The fourth-order valence-electron chi connectivity index (χ4n) is 2.07. The number of nitrogens with zero attached hydrogens (tertiary/aromatic N) is 4. The summed E-state index contributed by atoms with van der Waals surface area (Å²) in [7, 11) is 2.11. The van der Waals surface area contributed by atoms with Gasteiger partial charge in [-0.25, -0.2) is 9.97 Å². The Morgan fingerprint density at radius 2 is 2.18 bits per heavy atom. The van der Waals surface area contributed by atoms with Crippen molar-refractivity contribution in [1.82, 2.24) is 19.3 Å². The minimum Gasteiger partial charge on any atom is -0.298 e. The van der Waals surface area contributed by atoms with Crippen molar-refractivity contribution in [3.05, 3.63) is 29.6 Å². The highest BCUT2D eigenvalue weighted by atomic mass is 35.5. The first kappa shape index (κ1) is 12.3. The van der Waals surface area contributed by atoms with Crippen LogP contribution in [0.1, 0.15) is 32.1 Å². The van der Waals surface area contributed by atoms with Gasteiger partial charge in [-0.15, -0.1) is 0 Å². The topological polar surface area (TPSA) is 33.4 Å². The fraction of sp³-hybridized carbons (Fsp3) is 0.500. The second kappa shape index (κ2) is 5.02. The van der Waals surface area contributed by atoms with Crippen LogP contribution < -0.4 is 0 Å². The van der Waals surface area contributed by atoms with Crippen LogP contribution in [0, 0.1) is 0 Å². The van der Waals surface area contributed by atoms with E-state index in [9.17, 15) is 0 Å². The molecule has 0 fully saturated rings. The van der Waals surface area contributed by atoms with Crippen molar-refractivity contribution < 1.29 is 0 Å². The summed E-state index contributed by atoms with van der Waals surface area (Å²) in [6.07, 6.45) is 6.43. The van der Waals surface area contributed by atoms with E-state index in [1.165, 1.54) is 0 Å². The van der Waals surface area contributed by atoms with Crippen LogP contribution in [-0.2, 0) is 0 Å². The first-order chi connectivity index (χ1) is 8.19. The van der Waals surface area contributed by atoms with Crippen molar-refractivity contribution in [2.75, 3.05) is 13.6 Å². The maximum atomic E-state index is 6.05.